The van der Waals surface area contributed by atoms with E-state index in [2.05, 4.69) is 9.88 Å². The molecular weight excluding hydrogens is 366 g/mol. The van der Waals surface area contributed by atoms with Crippen molar-refractivity contribution in [3.8, 4) is 0 Å². The third kappa shape index (κ3) is 2.83. The molecule has 8 heteroatoms. The van der Waals surface area contributed by atoms with Crippen LogP contribution in [0.1, 0.15) is 49.8 Å². The van der Waals surface area contributed by atoms with E-state index in [4.69, 9.17) is 10.1 Å². The summed E-state index contributed by atoms with van der Waals surface area (Å²) < 4.78 is 29.4. The van der Waals surface area contributed by atoms with Crippen molar-refractivity contribution in [2.75, 3.05) is 29.9 Å². The number of piperidine rings is 1. The fourth-order valence-corrected chi connectivity index (χ4v) is 5.28. The molecule has 3 atom stereocenters. The number of carboxylic acid groups (broad SMARTS) is 1. The molecule has 0 bridgehead atoms. The third-order valence-electron chi connectivity index (χ3n) is 7.26. The Morgan fingerprint density at radius 2 is 1.96 bits per heavy atom. The summed E-state index contributed by atoms with van der Waals surface area (Å²) in [7, 11) is 1.90. The first-order chi connectivity index (χ1) is 13.3. The average molecular weight is 392 g/mol. The van der Waals surface area contributed by atoms with Gasteiger partial charge in [-0.15, -0.1) is 0 Å². The monoisotopic (exact) mass is 392 g/mol. The van der Waals surface area contributed by atoms with E-state index < -0.39 is 11.9 Å². The van der Waals surface area contributed by atoms with E-state index in [1.807, 2.05) is 11.9 Å². The molecule has 1 saturated heterocycles. The van der Waals surface area contributed by atoms with Crippen LogP contribution in [0.3, 0.4) is 0 Å². The van der Waals surface area contributed by atoms with Crippen molar-refractivity contribution in [2.45, 2.75) is 56.9 Å². The summed E-state index contributed by atoms with van der Waals surface area (Å²) in [6, 6.07) is 0.329. The van der Waals surface area contributed by atoms with E-state index in [1.54, 1.807) is 0 Å². The highest BCUT2D eigenvalue weighted by Gasteiger charge is 2.57. The lowest BCUT2D eigenvalue weighted by molar-refractivity contribution is -0.137. The van der Waals surface area contributed by atoms with Crippen molar-refractivity contribution < 1.29 is 18.7 Å². The molecule has 0 unspecified atom stereocenters. The van der Waals surface area contributed by atoms with Gasteiger partial charge in [0, 0.05) is 44.6 Å². The summed E-state index contributed by atoms with van der Waals surface area (Å²) in [6.07, 6.45) is 4.33. The minimum Gasteiger partial charge on any atom is -0.481 e. The molecule has 6 nitrogen and oxygen atoms in total. The third-order valence-corrected chi connectivity index (χ3v) is 7.26. The Balaban J connectivity index is 1.46. The molecule has 1 aromatic rings. The number of hydrogen-bond donors (Lipinski definition) is 1. The zero-order chi connectivity index (χ0) is 19.6. The van der Waals surface area contributed by atoms with Crippen molar-refractivity contribution in [3.63, 3.8) is 0 Å². The van der Waals surface area contributed by atoms with Gasteiger partial charge in [-0.1, -0.05) is 0 Å². The molecule has 2 heterocycles. The molecule has 28 heavy (non-hydrogen) atoms. The lowest BCUT2D eigenvalue weighted by Crippen LogP contribution is -2.39. The number of carbonyl (C=O) groups is 1. The van der Waals surface area contributed by atoms with Crippen molar-refractivity contribution in [3.05, 3.63) is 11.3 Å². The second-order valence-electron chi connectivity index (χ2n) is 8.92. The molecular formula is C20H26F2N4O2. The van der Waals surface area contributed by atoms with E-state index >= 15 is 0 Å². The van der Waals surface area contributed by atoms with Crippen LogP contribution in [0, 0.1) is 17.8 Å². The van der Waals surface area contributed by atoms with Crippen LogP contribution < -0.4 is 9.80 Å². The summed E-state index contributed by atoms with van der Waals surface area (Å²) in [5, 5.41) is 9.03. The number of rotatable bonds is 5. The van der Waals surface area contributed by atoms with Gasteiger partial charge in [0.15, 0.2) is 0 Å². The molecule has 1 aromatic heterocycles. The van der Waals surface area contributed by atoms with Gasteiger partial charge in [0.1, 0.15) is 11.5 Å². The number of anilines is 2. The highest BCUT2D eigenvalue weighted by atomic mass is 19.3. The number of nitrogens with zero attached hydrogens (tertiary/aromatic N) is 4. The van der Waals surface area contributed by atoms with E-state index in [-0.39, 0.29) is 24.5 Å². The Morgan fingerprint density at radius 1 is 1.25 bits per heavy atom. The van der Waals surface area contributed by atoms with Crippen LogP contribution in [0.4, 0.5) is 20.5 Å². The van der Waals surface area contributed by atoms with Crippen LogP contribution >= 0.6 is 0 Å². The highest BCUT2D eigenvalue weighted by Crippen LogP contribution is 2.55. The fourth-order valence-electron chi connectivity index (χ4n) is 5.28. The SMILES string of the molecule is CN(c1nc(N2C[C@@H]3[C@H](CC(=O)O)[C@@H]3C2)c2c(n1)C(F)(F)CCC2)C1CCC1. The molecule has 0 aromatic carbocycles. The fraction of sp³-hybridized carbons (Fsp3) is 0.750. The smallest absolute Gasteiger partial charge is 0.303 e. The van der Waals surface area contributed by atoms with Gasteiger partial charge in [0.05, 0.1) is 0 Å². The first-order valence-electron chi connectivity index (χ1n) is 10.3. The van der Waals surface area contributed by atoms with Gasteiger partial charge < -0.3 is 14.9 Å². The zero-order valence-electron chi connectivity index (χ0n) is 16.1. The van der Waals surface area contributed by atoms with Crippen LogP contribution in [0.15, 0.2) is 0 Å². The highest BCUT2D eigenvalue weighted by molar-refractivity contribution is 5.68. The minimum absolute atomic E-state index is 0.0902. The summed E-state index contributed by atoms with van der Waals surface area (Å²) in [4.78, 5) is 24.2. The van der Waals surface area contributed by atoms with Crippen LogP contribution in [-0.2, 0) is 17.1 Å². The maximum Gasteiger partial charge on any atom is 0.303 e. The molecule has 0 radical (unpaired) electrons. The van der Waals surface area contributed by atoms with Gasteiger partial charge >= 0.3 is 5.97 Å². The predicted octanol–water partition coefficient (Wildman–Crippen LogP) is 3.05. The summed E-state index contributed by atoms with van der Waals surface area (Å²) in [6.45, 7) is 1.43. The number of aromatic nitrogens is 2. The molecule has 2 saturated carbocycles. The average Bonchev–Trinajstić information content (AvgIpc) is 3.01. The van der Waals surface area contributed by atoms with Crippen molar-refractivity contribution in [1.82, 2.24) is 9.97 Å². The first-order valence-corrected chi connectivity index (χ1v) is 10.3. The van der Waals surface area contributed by atoms with E-state index in [0.717, 1.165) is 19.3 Å². The van der Waals surface area contributed by atoms with Crippen LogP contribution in [0.2, 0.25) is 0 Å². The first kappa shape index (κ1) is 18.1. The number of alkyl halides is 2. The molecule has 1 aliphatic heterocycles. The molecule has 4 aliphatic rings. The van der Waals surface area contributed by atoms with Gasteiger partial charge in [-0.2, -0.15) is 13.8 Å². The van der Waals surface area contributed by atoms with Gasteiger partial charge in [-0.3, -0.25) is 4.79 Å². The number of halogens is 2. The molecule has 3 fully saturated rings. The van der Waals surface area contributed by atoms with E-state index in [0.29, 0.717) is 61.1 Å². The molecule has 1 N–H and O–H groups in total. The second-order valence-corrected chi connectivity index (χ2v) is 8.92. The Kier molecular flexibility index (Phi) is 4.04. The standard InChI is InChI=1S/C20H26F2N4O2/c1-25(11-4-2-5-11)19-23-17-12(6-3-7-20(17,21)22)18(24-19)26-9-14-13(8-16(27)28)15(14)10-26/h11,13-15H,2-10H2,1H3,(H,27,28)/t13-,14+,15-. The Labute approximate surface area is 162 Å². The molecule has 152 valence electrons. The molecule has 0 amide bonds. The molecule has 3 aliphatic carbocycles. The number of aliphatic carboxylic acids is 1. The topological polar surface area (TPSA) is 69.6 Å². The van der Waals surface area contributed by atoms with Crippen LogP contribution in [0.5, 0.6) is 0 Å². The van der Waals surface area contributed by atoms with Crippen molar-refractivity contribution in [2.24, 2.45) is 17.8 Å². The summed E-state index contributed by atoms with van der Waals surface area (Å²) in [5.41, 5.74) is 0.505. The second kappa shape index (κ2) is 6.26. The Bertz CT molecular complexity index is 802. The zero-order valence-corrected chi connectivity index (χ0v) is 16.1. The molecule has 5 rings (SSSR count). The van der Waals surface area contributed by atoms with Gasteiger partial charge in [0.25, 0.3) is 5.92 Å². The Hall–Kier alpha value is -1.99. The van der Waals surface area contributed by atoms with Crippen LogP contribution in [-0.4, -0.2) is 47.2 Å². The largest absolute Gasteiger partial charge is 0.481 e. The van der Waals surface area contributed by atoms with Gasteiger partial charge in [0.2, 0.25) is 5.95 Å². The quantitative estimate of drug-likeness (QED) is 0.831. The van der Waals surface area contributed by atoms with E-state index in [1.165, 1.54) is 0 Å². The summed E-state index contributed by atoms with van der Waals surface area (Å²) >= 11 is 0. The van der Waals surface area contributed by atoms with Gasteiger partial charge in [-0.05, 0) is 49.9 Å². The lowest BCUT2D eigenvalue weighted by atomic mass is 9.91. The van der Waals surface area contributed by atoms with Crippen LogP contribution in [0.25, 0.3) is 0 Å². The Morgan fingerprint density at radius 3 is 2.57 bits per heavy atom. The van der Waals surface area contributed by atoms with Gasteiger partial charge in [-0.25, -0.2) is 4.98 Å². The van der Waals surface area contributed by atoms with E-state index in [9.17, 15) is 13.6 Å². The van der Waals surface area contributed by atoms with Crippen molar-refractivity contribution >= 4 is 17.7 Å². The maximum absolute atomic E-state index is 14.7. The molecule has 0 spiro atoms. The number of hydrogen-bond acceptors (Lipinski definition) is 5. The summed E-state index contributed by atoms with van der Waals surface area (Å²) in [5.74, 6) is -1.68. The number of carboxylic acids is 1. The minimum atomic E-state index is -2.91. The predicted molar refractivity (Wildman–Crippen MR) is 99.8 cm³/mol. The normalized spacial score (nSPS) is 30.4. The number of fused-ring (bicyclic) bond motifs is 2. The van der Waals surface area contributed by atoms with Crippen molar-refractivity contribution in [1.29, 1.82) is 0 Å². The lowest BCUT2D eigenvalue weighted by Gasteiger charge is -2.37. The maximum atomic E-state index is 14.7.